The van der Waals surface area contributed by atoms with E-state index in [2.05, 4.69) is 25.5 Å². The van der Waals surface area contributed by atoms with Crippen LogP contribution in [0, 0.1) is 10.1 Å². The van der Waals surface area contributed by atoms with Crippen molar-refractivity contribution in [3.05, 3.63) is 62.6 Å². The molecule has 0 spiro atoms. The lowest BCUT2D eigenvalue weighted by Crippen LogP contribution is -2.12. The maximum absolute atomic E-state index is 12.5. The highest BCUT2D eigenvalue weighted by molar-refractivity contribution is 7.17. The molecule has 4 rings (SSSR count). The maximum atomic E-state index is 12.5. The van der Waals surface area contributed by atoms with Gasteiger partial charge in [0.05, 0.1) is 21.4 Å². The number of carbonyl (C=O) groups excluding carboxylic acids is 1. The molecule has 0 fully saturated rings. The number of H-pyrrole nitrogens is 1. The molecular weight excluding hydrogens is 392 g/mol. The van der Waals surface area contributed by atoms with E-state index in [0.717, 1.165) is 11.3 Å². The van der Waals surface area contributed by atoms with Gasteiger partial charge in [-0.25, -0.2) is 9.97 Å². The summed E-state index contributed by atoms with van der Waals surface area (Å²) in [5.41, 5.74) is 1.11. The number of nitrogens with one attached hydrogen (secondary N) is 2. The normalized spacial score (nSPS) is 10.9. The largest absolute Gasteiger partial charge is 0.324 e. The Morgan fingerprint density at radius 1 is 1.26 bits per heavy atom. The van der Waals surface area contributed by atoms with Crippen LogP contribution in [0.1, 0.15) is 9.67 Å². The van der Waals surface area contributed by atoms with Crippen molar-refractivity contribution in [2.75, 3.05) is 5.32 Å². The van der Waals surface area contributed by atoms with Crippen LogP contribution in [0.25, 0.3) is 22.4 Å². The van der Waals surface area contributed by atoms with Crippen LogP contribution in [0.4, 0.5) is 10.8 Å². The quantitative estimate of drug-likeness (QED) is 0.395. The number of carbonyl (C=O) groups is 1. The van der Waals surface area contributed by atoms with Crippen molar-refractivity contribution in [2.45, 2.75) is 0 Å². The zero-order valence-corrected chi connectivity index (χ0v) is 14.9. The lowest BCUT2D eigenvalue weighted by atomic mass is 10.2. The number of aromatic nitrogens is 4. The molecule has 4 aromatic rings. The van der Waals surface area contributed by atoms with E-state index >= 15 is 0 Å². The molecule has 2 N–H and O–H groups in total. The van der Waals surface area contributed by atoms with E-state index in [4.69, 9.17) is 11.6 Å². The van der Waals surface area contributed by atoms with E-state index in [1.54, 1.807) is 24.3 Å². The molecular formula is C16H9ClN6O3S. The molecule has 3 aromatic heterocycles. The number of hydrogen-bond donors (Lipinski definition) is 2. The summed E-state index contributed by atoms with van der Waals surface area (Å²) >= 11 is 6.81. The number of benzene rings is 1. The van der Waals surface area contributed by atoms with E-state index in [1.807, 2.05) is 0 Å². The molecule has 134 valence electrons. The van der Waals surface area contributed by atoms with Crippen LogP contribution in [-0.4, -0.2) is 31.0 Å². The molecule has 0 radical (unpaired) electrons. The van der Waals surface area contributed by atoms with Crippen LogP contribution < -0.4 is 5.32 Å². The second kappa shape index (κ2) is 6.74. The predicted octanol–water partition coefficient (Wildman–Crippen LogP) is 3.90. The smallest absolute Gasteiger partial charge is 0.305 e. The van der Waals surface area contributed by atoms with Gasteiger partial charge in [0.15, 0.2) is 11.5 Å². The molecule has 1 aromatic carbocycles. The molecule has 1 amide bonds. The van der Waals surface area contributed by atoms with Gasteiger partial charge >= 0.3 is 5.00 Å². The Bertz CT molecular complexity index is 1190. The predicted molar refractivity (Wildman–Crippen MR) is 101 cm³/mol. The summed E-state index contributed by atoms with van der Waals surface area (Å²) < 4.78 is 0. The van der Waals surface area contributed by atoms with Crippen molar-refractivity contribution in [3.63, 3.8) is 0 Å². The number of rotatable bonds is 4. The highest BCUT2D eigenvalue weighted by Crippen LogP contribution is 2.28. The maximum Gasteiger partial charge on any atom is 0.324 e. The summed E-state index contributed by atoms with van der Waals surface area (Å²) in [5, 5.41) is 21.1. The third kappa shape index (κ3) is 3.35. The van der Waals surface area contributed by atoms with E-state index in [-0.39, 0.29) is 15.7 Å². The van der Waals surface area contributed by atoms with Crippen molar-refractivity contribution < 1.29 is 9.72 Å². The zero-order valence-electron chi connectivity index (χ0n) is 13.3. The molecule has 0 aliphatic carbocycles. The second-order valence-electron chi connectivity index (χ2n) is 5.39. The minimum atomic E-state index is -0.544. The second-order valence-corrected chi connectivity index (χ2v) is 6.89. The van der Waals surface area contributed by atoms with Crippen molar-refractivity contribution in [1.82, 2.24) is 20.2 Å². The number of halogens is 1. The van der Waals surface area contributed by atoms with Gasteiger partial charge in [-0.3, -0.25) is 20.0 Å². The van der Waals surface area contributed by atoms with Crippen LogP contribution >= 0.6 is 22.9 Å². The highest BCUT2D eigenvalue weighted by Gasteiger charge is 2.18. The van der Waals surface area contributed by atoms with Gasteiger partial charge in [-0.15, -0.1) is 0 Å². The minimum Gasteiger partial charge on any atom is -0.305 e. The fourth-order valence-electron chi connectivity index (χ4n) is 2.40. The Morgan fingerprint density at radius 2 is 2.11 bits per heavy atom. The third-order valence-corrected chi connectivity index (χ3v) is 4.89. The Hall–Kier alpha value is -3.37. The fourth-order valence-corrected chi connectivity index (χ4v) is 3.31. The summed E-state index contributed by atoms with van der Waals surface area (Å²) in [5.74, 6) is 0.0813. The topological polar surface area (TPSA) is 127 Å². The monoisotopic (exact) mass is 400 g/mol. The van der Waals surface area contributed by atoms with E-state index in [0.29, 0.717) is 27.4 Å². The molecule has 11 heteroatoms. The number of aromatic amines is 1. The third-order valence-electron chi connectivity index (χ3n) is 3.62. The van der Waals surface area contributed by atoms with E-state index in [1.165, 1.54) is 18.3 Å². The van der Waals surface area contributed by atoms with Gasteiger partial charge in [0.1, 0.15) is 5.82 Å². The van der Waals surface area contributed by atoms with Crippen molar-refractivity contribution >= 4 is 50.7 Å². The molecule has 0 bridgehead atoms. The van der Waals surface area contributed by atoms with Gasteiger partial charge in [-0.05, 0) is 18.2 Å². The van der Waals surface area contributed by atoms with Crippen molar-refractivity contribution in [2.24, 2.45) is 0 Å². The average molecular weight is 401 g/mol. The fraction of sp³-hybridized carbons (Fsp3) is 0. The number of hydrogen-bond acceptors (Lipinski definition) is 7. The van der Waals surface area contributed by atoms with E-state index < -0.39 is 10.8 Å². The van der Waals surface area contributed by atoms with Crippen LogP contribution in [-0.2, 0) is 0 Å². The van der Waals surface area contributed by atoms with Gasteiger partial charge in [-0.1, -0.05) is 35.1 Å². The summed E-state index contributed by atoms with van der Waals surface area (Å²) in [6, 6.07) is 9.66. The number of thiophene rings is 1. The zero-order chi connectivity index (χ0) is 19.0. The Morgan fingerprint density at radius 3 is 2.85 bits per heavy atom. The first kappa shape index (κ1) is 17.1. The number of fused-ring (bicyclic) bond motifs is 1. The standard InChI is InChI=1S/C16H9ClN6O3S/c17-9-3-1-2-8(6-9)13-19-14(10-7-18-22-15(10)20-13)21-16(24)11-4-5-12(27-11)23(25)26/h1-7H,(H2,18,19,20,21,22,24). The molecule has 0 aliphatic heterocycles. The Labute approximate surface area is 160 Å². The molecule has 0 atom stereocenters. The van der Waals surface area contributed by atoms with Gasteiger partial charge < -0.3 is 5.32 Å². The molecule has 0 saturated carbocycles. The number of anilines is 1. The minimum absolute atomic E-state index is 0.115. The summed E-state index contributed by atoms with van der Waals surface area (Å²) in [7, 11) is 0. The van der Waals surface area contributed by atoms with Crippen LogP contribution in [0.5, 0.6) is 0 Å². The van der Waals surface area contributed by atoms with Gasteiger partial charge in [0.2, 0.25) is 0 Å². The first-order valence-corrected chi connectivity index (χ1v) is 8.73. The molecule has 9 nitrogen and oxygen atoms in total. The van der Waals surface area contributed by atoms with Crippen LogP contribution in [0.2, 0.25) is 5.02 Å². The molecule has 0 aliphatic rings. The SMILES string of the molecule is O=C(Nc1nc(-c2cccc(Cl)c2)nc2[nH]ncc12)c1ccc([N+](=O)[O-])s1. The molecule has 3 heterocycles. The first-order valence-electron chi connectivity index (χ1n) is 7.54. The van der Waals surface area contributed by atoms with Crippen molar-refractivity contribution in [3.8, 4) is 11.4 Å². The van der Waals surface area contributed by atoms with E-state index in [9.17, 15) is 14.9 Å². The van der Waals surface area contributed by atoms with Crippen molar-refractivity contribution in [1.29, 1.82) is 0 Å². The van der Waals surface area contributed by atoms with Crippen LogP contribution in [0.15, 0.2) is 42.6 Å². The number of amides is 1. The number of nitrogens with zero attached hydrogens (tertiary/aromatic N) is 4. The summed E-state index contributed by atoms with van der Waals surface area (Å²) in [6.07, 6.45) is 1.49. The summed E-state index contributed by atoms with van der Waals surface area (Å²) in [4.78, 5) is 31.7. The Balaban J connectivity index is 1.73. The lowest BCUT2D eigenvalue weighted by Gasteiger charge is -2.07. The molecule has 0 saturated heterocycles. The molecule has 0 unspecified atom stereocenters. The van der Waals surface area contributed by atoms with Crippen LogP contribution in [0.3, 0.4) is 0 Å². The van der Waals surface area contributed by atoms with Gasteiger partial charge in [-0.2, -0.15) is 5.10 Å². The Kier molecular flexibility index (Phi) is 4.26. The highest BCUT2D eigenvalue weighted by atomic mass is 35.5. The summed E-state index contributed by atoms with van der Waals surface area (Å²) in [6.45, 7) is 0. The van der Waals surface area contributed by atoms with Gasteiger partial charge in [0, 0.05) is 16.7 Å². The van der Waals surface area contributed by atoms with Gasteiger partial charge in [0.25, 0.3) is 5.91 Å². The number of nitro groups is 1. The first-order chi connectivity index (χ1) is 13.0. The lowest BCUT2D eigenvalue weighted by molar-refractivity contribution is -0.380. The average Bonchev–Trinajstić information content (AvgIpc) is 3.31. The molecule has 27 heavy (non-hydrogen) atoms.